The highest BCUT2D eigenvalue weighted by Crippen LogP contribution is 2.18. The van der Waals surface area contributed by atoms with Crippen molar-refractivity contribution in [3.05, 3.63) is 36.5 Å². The summed E-state index contributed by atoms with van der Waals surface area (Å²) in [5, 5.41) is 7.30. The van der Waals surface area contributed by atoms with Crippen LogP contribution in [0, 0.1) is 0 Å². The standard InChI is InChI=1S/C13H17N3O2S/c1-3-10-19(17,18)12-6-4-11(5-7-12)14-13-8-9-16(2)15-13/h4-9H,3,10H2,1-2H3,(H,14,15). The molecule has 0 fully saturated rings. The minimum Gasteiger partial charge on any atom is -0.339 e. The fraction of sp³-hybridized carbons (Fsp3) is 0.308. The first-order chi connectivity index (χ1) is 9.01. The van der Waals surface area contributed by atoms with Crippen molar-refractivity contribution in [2.24, 2.45) is 7.05 Å². The van der Waals surface area contributed by atoms with Gasteiger partial charge < -0.3 is 5.32 Å². The zero-order chi connectivity index (χ0) is 13.9. The number of sulfone groups is 1. The lowest BCUT2D eigenvalue weighted by Crippen LogP contribution is -2.05. The maximum absolute atomic E-state index is 11.9. The second kappa shape index (κ2) is 5.44. The van der Waals surface area contributed by atoms with Crippen LogP contribution in [0.2, 0.25) is 0 Å². The third-order valence-corrected chi connectivity index (χ3v) is 4.61. The summed E-state index contributed by atoms with van der Waals surface area (Å²) in [4.78, 5) is 0.362. The number of rotatable bonds is 5. The van der Waals surface area contributed by atoms with E-state index in [0.29, 0.717) is 11.3 Å². The summed E-state index contributed by atoms with van der Waals surface area (Å²) < 4.78 is 25.4. The van der Waals surface area contributed by atoms with Crippen LogP contribution in [-0.4, -0.2) is 24.0 Å². The van der Waals surface area contributed by atoms with Crippen LogP contribution < -0.4 is 5.32 Å². The molecule has 0 aliphatic rings. The third-order valence-electron chi connectivity index (χ3n) is 2.67. The van der Waals surface area contributed by atoms with E-state index in [1.54, 1.807) is 28.9 Å². The lowest BCUT2D eigenvalue weighted by Gasteiger charge is -2.05. The number of anilines is 2. The smallest absolute Gasteiger partial charge is 0.178 e. The van der Waals surface area contributed by atoms with E-state index in [-0.39, 0.29) is 5.75 Å². The van der Waals surface area contributed by atoms with Gasteiger partial charge in [0.25, 0.3) is 0 Å². The average molecular weight is 279 g/mol. The molecule has 19 heavy (non-hydrogen) atoms. The Kier molecular flexibility index (Phi) is 3.90. The van der Waals surface area contributed by atoms with E-state index in [4.69, 9.17) is 0 Å². The second-order valence-electron chi connectivity index (χ2n) is 4.34. The van der Waals surface area contributed by atoms with Crippen LogP contribution in [0.5, 0.6) is 0 Å². The van der Waals surface area contributed by atoms with Crippen molar-refractivity contribution in [1.29, 1.82) is 0 Å². The molecule has 0 saturated heterocycles. The van der Waals surface area contributed by atoms with Crippen molar-refractivity contribution >= 4 is 21.3 Å². The molecule has 0 saturated carbocycles. The van der Waals surface area contributed by atoms with Gasteiger partial charge in [0.15, 0.2) is 15.7 Å². The predicted octanol–water partition coefficient (Wildman–Crippen LogP) is 2.35. The molecule has 0 aliphatic heterocycles. The van der Waals surface area contributed by atoms with Gasteiger partial charge in [-0.2, -0.15) is 5.10 Å². The summed E-state index contributed by atoms with van der Waals surface area (Å²) in [5.41, 5.74) is 0.814. The van der Waals surface area contributed by atoms with E-state index in [2.05, 4.69) is 10.4 Å². The van der Waals surface area contributed by atoms with Crippen molar-refractivity contribution in [2.75, 3.05) is 11.1 Å². The lowest BCUT2D eigenvalue weighted by molar-refractivity contribution is 0.595. The van der Waals surface area contributed by atoms with Crippen LogP contribution in [0.1, 0.15) is 13.3 Å². The Labute approximate surface area is 113 Å². The van der Waals surface area contributed by atoms with Gasteiger partial charge in [-0.15, -0.1) is 0 Å². The molecule has 0 unspecified atom stereocenters. The molecule has 1 heterocycles. The summed E-state index contributed by atoms with van der Waals surface area (Å²) in [6.07, 6.45) is 2.46. The predicted molar refractivity (Wildman–Crippen MR) is 75.3 cm³/mol. The Bertz CT molecular complexity index is 645. The number of aryl methyl sites for hydroxylation is 1. The molecular formula is C13H17N3O2S. The van der Waals surface area contributed by atoms with Crippen LogP contribution >= 0.6 is 0 Å². The molecule has 0 amide bonds. The maximum atomic E-state index is 11.9. The van der Waals surface area contributed by atoms with Gasteiger partial charge >= 0.3 is 0 Å². The topological polar surface area (TPSA) is 64.0 Å². The normalized spacial score (nSPS) is 11.5. The molecule has 6 heteroatoms. The van der Waals surface area contributed by atoms with Crippen LogP contribution in [0.3, 0.4) is 0 Å². The van der Waals surface area contributed by atoms with E-state index < -0.39 is 9.84 Å². The Balaban J connectivity index is 2.15. The highest BCUT2D eigenvalue weighted by molar-refractivity contribution is 7.91. The Hall–Kier alpha value is -1.82. The van der Waals surface area contributed by atoms with Crippen LogP contribution in [0.4, 0.5) is 11.5 Å². The van der Waals surface area contributed by atoms with E-state index >= 15 is 0 Å². The summed E-state index contributed by atoms with van der Waals surface area (Å²) in [6, 6.07) is 8.59. The summed E-state index contributed by atoms with van der Waals surface area (Å²) in [5.74, 6) is 0.909. The molecule has 0 radical (unpaired) electrons. The molecule has 2 rings (SSSR count). The highest BCUT2D eigenvalue weighted by Gasteiger charge is 2.12. The number of hydrogen-bond acceptors (Lipinski definition) is 4. The maximum Gasteiger partial charge on any atom is 0.178 e. The van der Waals surface area contributed by atoms with Gasteiger partial charge in [-0.3, -0.25) is 4.68 Å². The first-order valence-corrected chi connectivity index (χ1v) is 7.76. The van der Waals surface area contributed by atoms with E-state index in [1.165, 1.54) is 0 Å². The second-order valence-corrected chi connectivity index (χ2v) is 6.45. The monoisotopic (exact) mass is 279 g/mol. The minimum absolute atomic E-state index is 0.181. The molecule has 2 aromatic rings. The van der Waals surface area contributed by atoms with Gasteiger partial charge in [0.1, 0.15) is 0 Å². The summed E-state index contributed by atoms with van der Waals surface area (Å²) in [7, 11) is -1.30. The molecule has 0 spiro atoms. The first-order valence-electron chi connectivity index (χ1n) is 6.11. The summed E-state index contributed by atoms with van der Waals surface area (Å²) in [6.45, 7) is 1.86. The fourth-order valence-electron chi connectivity index (χ4n) is 1.76. The van der Waals surface area contributed by atoms with Gasteiger partial charge in [0.2, 0.25) is 0 Å². The van der Waals surface area contributed by atoms with Gasteiger partial charge in [-0.25, -0.2) is 8.42 Å². The molecule has 1 aromatic carbocycles. The van der Waals surface area contributed by atoms with E-state index in [0.717, 1.165) is 11.5 Å². The van der Waals surface area contributed by atoms with Gasteiger partial charge in [-0.1, -0.05) is 6.92 Å². The number of nitrogens with zero attached hydrogens (tertiary/aromatic N) is 2. The van der Waals surface area contributed by atoms with Crippen molar-refractivity contribution < 1.29 is 8.42 Å². The Morgan fingerprint density at radius 1 is 1.21 bits per heavy atom. The molecule has 1 N–H and O–H groups in total. The molecule has 5 nitrogen and oxygen atoms in total. The zero-order valence-electron chi connectivity index (χ0n) is 11.0. The minimum atomic E-state index is -3.14. The molecule has 0 aliphatic carbocycles. The van der Waals surface area contributed by atoms with E-state index in [1.807, 2.05) is 26.2 Å². The molecule has 1 aromatic heterocycles. The zero-order valence-corrected chi connectivity index (χ0v) is 11.8. The largest absolute Gasteiger partial charge is 0.339 e. The molecular weight excluding hydrogens is 262 g/mol. The summed E-state index contributed by atoms with van der Waals surface area (Å²) >= 11 is 0. The SMILES string of the molecule is CCCS(=O)(=O)c1ccc(Nc2ccn(C)n2)cc1. The average Bonchev–Trinajstić information content (AvgIpc) is 2.75. The first kappa shape index (κ1) is 13.6. The Morgan fingerprint density at radius 3 is 2.42 bits per heavy atom. The van der Waals surface area contributed by atoms with Crippen LogP contribution in [-0.2, 0) is 16.9 Å². The highest BCUT2D eigenvalue weighted by atomic mass is 32.2. The van der Waals surface area contributed by atoms with Crippen molar-refractivity contribution in [2.45, 2.75) is 18.2 Å². The molecule has 102 valence electrons. The van der Waals surface area contributed by atoms with Crippen molar-refractivity contribution in [1.82, 2.24) is 9.78 Å². The Morgan fingerprint density at radius 2 is 1.89 bits per heavy atom. The van der Waals surface area contributed by atoms with Gasteiger partial charge in [-0.05, 0) is 30.7 Å². The number of benzene rings is 1. The van der Waals surface area contributed by atoms with Crippen LogP contribution in [0.25, 0.3) is 0 Å². The van der Waals surface area contributed by atoms with E-state index in [9.17, 15) is 8.42 Å². The van der Waals surface area contributed by atoms with Gasteiger partial charge in [0, 0.05) is 25.0 Å². The number of nitrogens with one attached hydrogen (secondary N) is 1. The third kappa shape index (κ3) is 3.35. The van der Waals surface area contributed by atoms with Crippen LogP contribution in [0.15, 0.2) is 41.4 Å². The van der Waals surface area contributed by atoms with Crippen molar-refractivity contribution in [3.8, 4) is 0 Å². The fourth-order valence-corrected chi connectivity index (χ4v) is 3.09. The number of hydrogen-bond donors (Lipinski definition) is 1. The number of aromatic nitrogens is 2. The quantitative estimate of drug-likeness (QED) is 0.912. The van der Waals surface area contributed by atoms with Gasteiger partial charge in [0.05, 0.1) is 10.6 Å². The van der Waals surface area contributed by atoms with Crippen molar-refractivity contribution in [3.63, 3.8) is 0 Å². The lowest BCUT2D eigenvalue weighted by atomic mass is 10.3. The molecule has 0 bridgehead atoms. The molecule has 0 atom stereocenters.